The lowest BCUT2D eigenvalue weighted by Gasteiger charge is -2.32. The summed E-state index contributed by atoms with van der Waals surface area (Å²) in [6.07, 6.45) is 4.72. The number of hydrogen-bond acceptors (Lipinski definition) is 4. The first-order valence-electron chi connectivity index (χ1n) is 8.92. The van der Waals surface area contributed by atoms with Gasteiger partial charge in [0.15, 0.2) is 11.6 Å². The molecular weight excluding hydrogens is 349 g/mol. The molecule has 1 N–H and O–H groups in total. The maximum absolute atomic E-state index is 13.9. The van der Waals surface area contributed by atoms with Crippen molar-refractivity contribution < 1.29 is 18.7 Å². The molecule has 140 valence electrons. The first-order valence-corrected chi connectivity index (χ1v) is 8.92. The maximum Gasteiger partial charge on any atom is 0.254 e. The lowest BCUT2D eigenvalue weighted by atomic mass is 10.0. The third-order valence-electron chi connectivity index (χ3n) is 5.44. The number of nitrogens with zero attached hydrogens (tertiary/aromatic N) is 2. The molecule has 1 aliphatic heterocycles. The van der Waals surface area contributed by atoms with Gasteiger partial charge in [-0.05, 0) is 49.1 Å². The zero-order valence-electron chi connectivity index (χ0n) is 14.9. The highest BCUT2D eigenvalue weighted by Crippen LogP contribution is 2.39. The number of aromatic nitrogens is 1. The van der Waals surface area contributed by atoms with Crippen LogP contribution in [0.4, 0.5) is 4.39 Å². The molecule has 1 aliphatic carbocycles. The SMILES string of the molecule is COc1ccc(C(=O)N2CC3CC2CC3NC(=O)c2cccnc2)cc1F. The zero-order chi connectivity index (χ0) is 19.0. The van der Waals surface area contributed by atoms with Crippen LogP contribution in [-0.4, -0.2) is 47.4 Å². The summed E-state index contributed by atoms with van der Waals surface area (Å²) in [5.41, 5.74) is 0.846. The highest BCUT2D eigenvalue weighted by Gasteiger charge is 2.47. The van der Waals surface area contributed by atoms with Gasteiger partial charge in [0.1, 0.15) is 0 Å². The highest BCUT2D eigenvalue weighted by atomic mass is 19.1. The summed E-state index contributed by atoms with van der Waals surface area (Å²) in [6.45, 7) is 0.565. The summed E-state index contributed by atoms with van der Waals surface area (Å²) in [5, 5.41) is 3.06. The van der Waals surface area contributed by atoms with Crippen LogP contribution in [0.2, 0.25) is 0 Å². The normalized spacial score (nSPS) is 23.3. The Hall–Kier alpha value is -2.96. The van der Waals surface area contributed by atoms with Crippen molar-refractivity contribution in [3.8, 4) is 5.75 Å². The summed E-state index contributed by atoms with van der Waals surface area (Å²) >= 11 is 0. The number of hydrogen-bond donors (Lipinski definition) is 1. The molecule has 1 saturated heterocycles. The van der Waals surface area contributed by atoms with Crippen LogP contribution in [-0.2, 0) is 0 Å². The number of ether oxygens (including phenoxy) is 1. The lowest BCUT2D eigenvalue weighted by Crippen LogP contribution is -2.47. The summed E-state index contributed by atoms with van der Waals surface area (Å²) in [6, 6.07) is 7.82. The molecule has 2 heterocycles. The first kappa shape index (κ1) is 17.5. The second-order valence-corrected chi connectivity index (χ2v) is 7.01. The number of halogens is 1. The van der Waals surface area contributed by atoms with Crippen molar-refractivity contribution in [3.63, 3.8) is 0 Å². The monoisotopic (exact) mass is 369 g/mol. The van der Waals surface area contributed by atoms with E-state index >= 15 is 0 Å². The third kappa shape index (κ3) is 3.25. The molecule has 3 unspecified atom stereocenters. The van der Waals surface area contributed by atoms with Gasteiger partial charge in [0.05, 0.1) is 12.7 Å². The van der Waals surface area contributed by atoms with E-state index in [1.54, 1.807) is 29.3 Å². The molecule has 3 atom stereocenters. The summed E-state index contributed by atoms with van der Waals surface area (Å²) < 4.78 is 18.8. The molecule has 7 heteroatoms. The number of likely N-dealkylation sites (tertiary alicyclic amines) is 1. The van der Waals surface area contributed by atoms with Crippen molar-refractivity contribution in [2.75, 3.05) is 13.7 Å². The van der Waals surface area contributed by atoms with Crippen molar-refractivity contribution in [1.29, 1.82) is 0 Å². The number of amides is 2. The molecule has 1 aromatic heterocycles. The quantitative estimate of drug-likeness (QED) is 0.897. The van der Waals surface area contributed by atoms with E-state index in [9.17, 15) is 14.0 Å². The largest absolute Gasteiger partial charge is 0.494 e. The molecule has 0 radical (unpaired) electrons. The Morgan fingerprint density at radius 2 is 2.11 bits per heavy atom. The molecular formula is C20H20FN3O3. The molecule has 2 aromatic rings. The predicted octanol–water partition coefficient (Wildman–Crippen LogP) is 2.26. The van der Waals surface area contributed by atoms with Crippen molar-refractivity contribution in [3.05, 3.63) is 59.7 Å². The van der Waals surface area contributed by atoms with Crippen molar-refractivity contribution >= 4 is 11.8 Å². The Bertz CT molecular complexity index is 874. The van der Waals surface area contributed by atoms with Gasteiger partial charge < -0.3 is 15.0 Å². The summed E-state index contributed by atoms with van der Waals surface area (Å²) in [4.78, 5) is 30.8. The predicted molar refractivity (Wildman–Crippen MR) is 96.0 cm³/mol. The van der Waals surface area contributed by atoms with Crippen molar-refractivity contribution in [2.45, 2.75) is 24.9 Å². The van der Waals surface area contributed by atoms with E-state index in [1.165, 1.54) is 25.4 Å². The van der Waals surface area contributed by atoms with Crippen LogP contribution in [0.3, 0.4) is 0 Å². The molecule has 0 spiro atoms. The van der Waals surface area contributed by atoms with E-state index in [0.717, 1.165) is 6.42 Å². The Morgan fingerprint density at radius 3 is 2.74 bits per heavy atom. The fraction of sp³-hybridized carbons (Fsp3) is 0.350. The van der Waals surface area contributed by atoms with Crippen molar-refractivity contribution in [1.82, 2.24) is 15.2 Å². The van der Waals surface area contributed by atoms with Crippen LogP contribution in [0, 0.1) is 11.7 Å². The number of benzene rings is 1. The fourth-order valence-corrected chi connectivity index (χ4v) is 4.09. The van der Waals surface area contributed by atoms with Gasteiger partial charge in [-0.15, -0.1) is 0 Å². The van der Waals surface area contributed by atoms with Crippen LogP contribution in [0.15, 0.2) is 42.7 Å². The third-order valence-corrected chi connectivity index (χ3v) is 5.44. The molecule has 1 aromatic carbocycles. The first-order chi connectivity index (χ1) is 13.1. The minimum Gasteiger partial charge on any atom is -0.494 e. The molecule has 6 nitrogen and oxygen atoms in total. The van der Waals surface area contributed by atoms with Gasteiger partial charge in [-0.3, -0.25) is 14.6 Å². The molecule has 2 aliphatic rings. The average Bonchev–Trinajstić information content (AvgIpc) is 3.28. The van der Waals surface area contributed by atoms with Gasteiger partial charge in [-0.2, -0.15) is 0 Å². The minimum atomic E-state index is -0.547. The zero-order valence-corrected chi connectivity index (χ0v) is 14.9. The Kier molecular flexibility index (Phi) is 4.51. The fourth-order valence-electron chi connectivity index (χ4n) is 4.09. The van der Waals surface area contributed by atoms with Crippen LogP contribution >= 0.6 is 0 Å². The standard InChI is InChI=1S/C20H20FN3O3/c1-27-18-5-4-12(8-16(18)21)20(26)24-11-14-7-15(24)9-17(14)23-19(25)13-3-2-6-22-10-13/h2-6,8,10,14-15,17H,7,9,11H2,1H3,(H,23,25). The summed E-state index contributed by atoms with van der Waals surface area (Å²) in [5.74, 6) is -0.540. The highest BCUT2D eigenvalue weighted by molar-refractivity contribution is 5.95. The van der Waals surface area contributed by atoms with Crippen LogP contribution in [0.5, 0.6) is 5.75 Å². The second-order valence-electron chi connectivity index (χ2n) is 7.01. The minimum absolute atomic E-state index is 0.0411. The number of fused-ring (bicyclic) bond motifs is 2. The van der Waals surface area contributed by atoms with E-state index < -0.39 is 5.82 Å². The second kappa shape index (κ2) is 6.98. The van der Waals surface area contributed by atoms with E-state index in [2.05, 4.69) is 10.3 Å². The maximum atomic E-state index is 13.9. The lowest BCUT2D eigenvalue weighted by molar-refractivity contribution is 0.0679. The van der Waals surface area contributed by atoms with E-state index in [1.807, 2.05) is 0 Å². The van der Waals surface area contributed by atoms with Gasteiger partial charge in [0.25, 0.3) is 11.8 Å². The van der Waals surface area contributed by atoms with Crippen LogP contribution in [0.1, 0.15) is 33.6 Å². The Labute approximate surface area is 156 Å². The average molecular weight is 369 g/mol. The van der Waals surface area contributed by atoms with Gasteiger partial charge in [-0.1, -0.05) is 0 Å². The van der Waals surface area contributed by atoms with E-state index in [4.69, 9.17) is 4.74 Å². The molecule has 2 bridgehead atoms. The number of methoxy groups -OCH3 is 1. The number of carbonyl (C=O) groups excluding carboxylic acids is 2. The molecule has 1 saturated carbocycles. The molecule has 2 amide bonds. The smallest absolute Gasteiger partial charge is 0.254 e. The molecule has 27 heavy (non-hydrogen) atoms. The summed E-state index contributed by atoms with van der Waals surface area (Å²) in [7, 11) is 1.39. The van der Waals surface area contributed by atoms with Gasteiger partial charge in [0.2, 0.25) is 0 Å². The molecule has 2 fully saturated rings. The Balaban J connectivity index is 1.40. The topological polar surface area (TPSA) is 71.5 Å². The van der Waals surface area contributed by atoms with Crippen LogP contribution in [0.25, 0.3) is 0 Å². The van der Waals surface area contributed by atoms with Gasteiger partial charge >= 0.3 is 0 Å². The van der Waals surface area contributed by atoms with Crippen LogP contribution < -0.4 is 10.1 Å². The van der Waals surface area contributed by atoms with Crippen molar-refractivity contribution in [2.24, 2.45) is 5.92 Å². The number of pyridine rings is 1. The van der Waals surface area contributed by atoms with E-state index in [-0.39, 0.29) is 35.6 Å². The van der Waals surface area contributed by atoms with Gasteiger partial charge in [-0.25, -0.2) is 4.39 Å². The number of rotatable bonds is 4. The van der Waals surface area contributed by atoms with Gasteiger partial charge in [0, 0.05) is 36.6 Å². The van der Waals surface area contributed by atoms with E-state index in [0.29, 0.717) is 24.1 Å². The number of nitrogens with one attached hydrogen (secondary N) is 1. The molecule has 4 rings (SSSR count). The number of carbonyl (C=O) groups is 2. The Morgan fingerprint density at radius 1 is 1.26 bits per heavy atom. The number of piperidine rings is 1.